The third kappa shape index (κ3) is 5.56. The molecule has 0 aromatic rings. The minimum absolute atomic E-state index is 0.00684. The molecule has 0 radical (unpaired) electrons. The van der Waals surface area contributed by atoms with E-state index in [4.69, 9.17) is 4.74 Å². The summed E-state index contributed by atoms with van der Waals surface area (Å²) in [6.07, 6.45) is 5.30. The number of hydrogen-bond acceptors (Lipinski definition) is 5. The first-order valence-corrected chi connectivity index (χ1v) is 9.64. The molecule has 2 saturated heterocycles. The first kappa shape index (κ1) is 20.4. The van der Waals surface area contributed by atoms with Gasteiger partial charge < -0.3 is 19.9 Å². The molecule has 0 saturated carbocycles. The lowest BCUT2D eigenvalue weighted by atomic mass is 9.97. The molecular formula is C19H31N3O4. The summed E-state index contributed by atoms with van der Waals surface area (Å²) in [6, 6.07) is -0.469. The van der Waals surface area contributed by atoms with Crippen molar-refractivity contribution in [2.45, 2.75) is 45.1 Å². The minimum atomic E-state index is -0.469. The second kappa shape index (κ2) is 10.3. The van der Waals surface area contributed by atoms with Crippen molar-refractivity contribution in [2.75, 3.05) is 39.3 Å². The predicted octanol–water partition coefficient (Wildman–Crippen LogP) is 0.945. The molecule has 2 unspecified atom stereocenters. The lowest BCUT2D eigenvalue weighted by molar-refractivity contribution is -0.152. The molecule has 7 heteroatoms. The molecule has 1 N–H and O–H groups in total. The van der Waals surface area contributed by atoms with Crippen molar-refractivity contribution in [3.05, 3.63) is 12.7 Å². The quantitative estimate of drug-likeness (QED) is 0.394. The van der Waals surface area contributed by atoms with Gasteiger partial charge in [-0.25, -0.2) is 0 Å². The van der Waals surface area contributed by atoms with Crippen LogP contribution in [0.4, 0.5) is 0 Å². The molecule has 2 aliphatic heterocycles. The zero-order valence-electron chi connectivity index (χ0n) is 15.7. The molecule has 0 aromatic carbocycles. The van der Waals surface area contributed by atoms with E-state index in [2.05, 4.69) is 11.9 Å². The molecule has 2 fully saturated rings. The number of piperazine rings is 1. The highest BCUT2D eigenvalue weighted by Gasteiger charge is 2.34. The van der Waals surface area contributed by atoms with E-state index in [9.17, 15) is 14.4 Å². The molecule has 26 heavy (non-hydrogen) atoms. The number of ether oxygens (including phenoxy) is 1. The summed E-state index contributed by atoms with van der Waals surface area (Å²) in [6.45, 7) is 8.94. The molecule has 2 aliphatic rings. The van der Waals surface area contributed by atoms with Gasteiger partial charge in [-0.15, -0.1) is 6.58 Å². The van der Waals surface area contributed by atoms with Crippen LogP contribution in [0.5, 0.6) is 0 Å². The fourth-order valence-corrected chi connectivity index (χ4v) is 3.56. The summed E-state index contributed by atoms with van der Waals surface area (Å²) in [4.78, 5) is 40.7. The van der Waals surface area contributed by atoms with E-state index < -0.39 is 6.04 Å². The van der Waals surface area contributed by atoms with Crippen molar-refractivity contribution >= 4 is 17.8 Å². The Bertz CT molecular complexity index is 523. The maximum atomic E-state index is 12.7. The number of likely N-dealkylation sites (tertiary alicyclic amines) is 1. The fourth-order valence-electron chi connectivity index (χ4n) is 3.56. The van der Waals surface area contributed by atoms with Crippen LogP contribution < -0.4 is 5.32 Å². The first-order valence-electron chi connectivity index (χ1n) is 9.64. The summed E-state index contributed by atoms with van der Waals surface area (Å²) in [5.41, 5.74) is 0. The molecule has 0 aromatic heterocycles. The van der Waals surface area contributed by atoms with E-state index in [0.717, 1.165) is 25.7 Å². The van der Waals surface area contributed by atoms with Crippen LogP contribution in [0, 0.1) is 5.92 Å². The number of piperidine rings is 1. The van der Waals surface area contributed by atoms with Crippen molar-refractivity contribution in [1.29, 1.82) is 0 Å². The zero-order chi connectivity index (χ0) is 18.9. The second-order valence-electron chi connectivity index (χ2n) is 6.90. The molecule has 2 atom stereocenters. The highest BCUT2D eigenvalue weighted by molar-refractivity contribution is 5.89. The van der Waals surface area contributed by atoms with E-state index in [-0.39, 0.29) is 30.1 Å². The van der Waals surface area contributed by atoms with Crippen molar-refractivity contribution in [1.82, 2.24) is 15.1 Å². The van der Waals surface area contributed by atoms with Crippen LogP contribution in [0.25, 0.3) is 0 Å². The van der Waals surface area contributed by atoms with Gasteiger partial charge in [0.15, 0.2) is 0 Å². The van der Waals surface area contributed by atoms with Gasteiger partial charge in [0.05, 0.1) is 25.0 Å². The monoisotopic (exact) mass is 365 g/mol. The Morgan fingerprint density at radius 1 is 1.38 bits per heavy atom. The van der Waals surface area contributed by atoms with Crippen LogP contribution in [0.15, 0.2) is 12.7 Å². The highest BCUT2D eigenvalue weighted by atomic mass is 16.5. The molecule has 0 bridgehead atoms. The van der Waals surface area contributed by atoms with E-state index in [1.807, 2.05) is 11.0 Å². The highest BCUT2D eigenvalue weighted by Crippen LogP contribution is 2.19. The lowest BCUT2D eigenvalue weighted by Crippen LogP contribution is -2.57. The average molecular weight is 365 g/mol. The third-order valence-electron chi connectivity index (χ3n) is 4.99. The summed E-state index contributed by atoms with van der Waals surface area (Å²) >= 11 is 0. The van der Waals surface area contributed by atoms with Gasteiger partial charge in [0, 0.05) is 32.7 Å². The predicted molar refractivity (Wildman–Crippen MR) is 98.4 cm³/mol. The fraction of sp³-hybridized carbons (Fsp3) is 0.737. The Kier molecular flexibility index (Phi) is 8.09. The van der Waals surface area contributed by atoms with Crippen LogP contribution >= 0.6 is 0 Å². The Balaban J connectivity index is 1.86. The van der Waals surface area contributed by atoms with Crippen molar-refractivity contribution in [2.24, 2.45) is 5.92 Å². The second-order valence-corrected chi connectivity index (χ2v) is 6.90. The van der Waals surface area contributed by atoms with Crippen molar-refractivity contribution in [3.8, 4) is 0 Å². The van der Waals surface area contributed by atoms with Gasteiger partial charge in [-0.2, -0.15) is 0 Å². The van der Waals surface area contributed by atoms with Gasteiger partial charge >= 0.3 is 5.97 Å². The zero-order valence-corrected chi connectivity index (χ0v) is 15.7. The molecule has 7 nitrogen and oxygen atoms in total. The topological polar surface area (TPSA) is 79.0 Å². The van der Waals surface area contributed by atoms with Gasteiger partial charge in [0.1, 0.15) is 0 Å². The van der Waals surface area contributed by atoms with Crippen LogP contribution in [0.1, 0.15) is 39.0 Å². The standard InChI is InChI=1S/C19H31N3O4/c1-3-5-6-10-21-12-9-20-16(18(21)24)13-17(23)22-11-7-8-15(14-22)19(25)26-4-2/h3,15-16,20H,1,4-14H2,2H3. The van der Waals surface area contributed by atoms with E-state index in [0.29, 0.717) is 39.3 Å². The maximum Gasteiger partial charge on any atom is 0.310 e. The van der Waals surface area contributed by atoms with E-state index in [1.165, 1.54) is 0 Å². The number of unbranched alkanes of at least 4 members (excludes halogenated alkanes) is 1. The Hall–Kier alpha value is -1.89. The summed E-state index contributed by atoms with van der Waals surface area (Å²) in [5, 5.41) is 3.16. The summed E-state index contributed by atoms with van der Waals surface area (Å²) in [5.74, 6) is -0.561. The molecular weight excluding hydrogens is 334 g/mol. The number of rotatable bonds is 8. The average Bonchev–Trinajstić information content (AvgIpc) is 2.65. The Morgan fingerprint density at radius 3 is 2.92 bits per heavy atom. The van der Waals surface area contributed by atoms with Gasteiger partial charge in [0.2, 0.25) is 11.8 Å². The molecule has 2 rings (SSSR count). The van der Waals surface area contributed by atoms with Gasteiger partial charge in [-0.05, 0) is 32.6 Å². The van der Waals surface area contributed by atoms with Crippen molar-refractivity contribution < 1.29 is 19.1 Å². The number of carbonyl (C=O) groups is 3. The smallest absolute Gasteiger partial charge is 0.310 e. The molecule has 0 aliphatic carbocycles. The van der Waals surface area contributed by atoms with E-state index >= 15 is 0 Å². The summed E-state index contributed by atoms with van der Waals surface area (Å²) in [7, 11) is 0. The summed E-state index contributed by atoms with van der Waals surface area (Å²) < 4.78 is 5.08. The third-order valence-corrected chi connectivity index (χ3v) is 4.99. The van der Waals surface area contributed by atoms with Crippen LogP contribution in [0.2, 0.25) is 0 Å². The molecule has 0 spiro atoms. The SMILES string of the molecule is C=CCCCN1CCNC(CC(=O)N2CCCC(C(=O)OCC)C2)C1=O. The number of amides is 2. The molecule has 146 valence electrons. The van der Waals surface area contributed by atoms with Crippen LogP contribution in [-0.4, -0.2) is 73.0 Å². The number of nitrogens with one attached hydrogen (secondary N) is 1. The number of allylic oxidation sites excluding steroid dienone is 1. The van der Waals surface area contributed by atoms with Crippen LogP contribution in [-0.2, 0) is 19.1 Å². The van der Waals surface area contributed by atoms with Crippen LogP contribution in [0.3, 0.4) is 0 Å². The maximum absolute atomic E-state index is 12.7. The van der Waals surface area contributed by atoms with Crippen molar-refractivity contribution in [3.63, 3.8) is 0 Å². The number of carbonyl (C=O) groups excluding carboxylic acids is 3. The largest absolute Gasteiger partial charge is 0.466 e. The number of esters is 1. The van der Waals surface area contributed by atoms with E-state index in [1.54, 1.807) is 11.8 Å². The lowest BCUT2D eigenvalue weighted by Gasteiger charge is -2.35. The molecule has 2 amide bonds. The Morgan fingerprint density at radius 2 is 2.19 bits per heavy atom. The first-order chi connectivity index (χ1) is 12.6. The number of nitrogens with zero attached hydrogens (tertiary/aromatic N) is 2. The minimum Gasteiger partial charge on any atom is -0.466 e. The molecule has 2 heterocycles. The van der Waals surface area contributed by atoms with Gasteiger partial charge in [0.25, 0.3) is 0 Å². The van der Waals surface area contributed by atoms with Gasteiger partial charge in [-0.1, -0.05) is 6.08 Å². The Labute approximate surface area is 155 Å². The number of hydrogen-bond donors (Lipinski definition) is 1. The normalized spacial score (nSPS) is 23.7. The van der Waals surface area contributed by atoms with Gasteiger partial charge in [-0.3, -0.25) is 14.4 Å².